The van der Waals surface area contributed by atoms with E-state index < -0.39 is 0 Å². The summed E-state index contributed by atoms with van der Waals surface area (Å²) in [4.78, 5) is 10.0. The Morgan fingerprint density at radius 3 is 2.55 bits per heavy atom. The van der Waals surface area contributed by atoms with Gasteiger partial charge < -0.3 is 4.90 Å². The van der Waals surface area contributed by atoms with Crippen LogP contribution in [0.5, 0.6) is 0 Å². The molecule has 1 atom stereocenters. The third kappa shape index (κ3) is 2.70. The monoisotopic (exact) mass is 292 g/mol. The molecule has 0 bridgehead atoms. The number of nitrogens with zero attached hydrogens (tertiary/aromatic N) is 4. The standard InChI is InChI=1S/C15H24N4S/c1-2-10-19(11-13(5-1)18-8-3-4-9-18)15-16-14(17-20-15)12-6-7-12/h12-13H,1-11H2/t13-/m1/s1. The molecule has 2 aliphatic heterocycles. The predicted octanol–water partition coefficient (Wildman–Crippen LogP) is 2.87. The molecule has 2 saturated heterocycles. The summed E-state index contributed by atoms with van der Waals surface area (Å²) in [5.41, 5.74) is 0. The molecule has 3 heterocycles. The Morgan fingerprint density at radius 1 is 0.950 bits per heavy atom. The Hall–Kier alpha value is -0.680. The maximum absolute atomic E-state index is 4.81. The van der Waals surface area contributed by atoms with Crippen molar-refractivity contribution in [2.75, 3.05) is 31.1 Å². The van der Waals surface area contributed by atoms with Crippen LogP contribution in [0, 0.1) is 0 Å². The van der Waals surface area contributed by atoms with Gasteiger partial charge in [-0.2, -0.15) is 4.37 Å². The largest absolute Gasteiger partial charge is 0.345 e. The van der Waals surface area contributed by atoms with Crippen molar-refractivity contribution in [1.29, 1.82) is 0 Å². The van der Waals surface area contributed by atoms with Crippen LogP contribution in [-0.2, 0) is 0 Å². The van der Waals surface area contributed by atoms with Crippen LogP contribution >= 0.6 is 11.5 Å². The summed E-state index contributed by atoms with van der Waals surface area (Å²) in [5, 5.41) is 1.18. The molecule has 0 aromatic carbocycles. The lowest BCUT2D eigenvalue weighted by molar-refractivity contribution is 0.236. The Labute approximate surface area is 125 Å². The third-order valence-corrected chi connectivity index (χ3v) is 5.74. The summed E-state index contributed by atoms with van der Waals surface area (Å²) in [6.07, 6.45) is 9.42. The number of anilines is 1. The van der Waals surface area contributed by atoms with Gasteiger partial charge in [-0.05, 0) is 51.6 Å². The average molecular weight is 292 g/mol. The molecular formula is C15H24N4S. The van der Waals surface area contributed by atoms with Crippen LogP contribution in [0.4, 0.5) is 5.13 Å². The molecule has 0 spiro atoms. The van der Waals surface area contributed by atoms with Crippen molar-refractivity contribution in [3.8, 4) is 0 Å². The first-order valence-electron chi connectivity index (χ1n) is 8.23. The molecule has 1 aromatic heterocycles. The topological polar surface area (TPSA) is 32.3 Å². The number of aromatic nitrogens is 2. The predicted molar refractivity (Wildman–Crippen MR) is 82.5 cm³/mol. The van der Waals surface area contributed by atoms with Gasteiger partial charge in [0.1, 0.15) is 5.82 Å². The average Bonchev–Trinajstić information content (AvgIpc) is 3.05. The van der Waals surface area contributed by atoms with Crippen LogP contribution in [0.1, 0.15) is 56.7 Å². The van der Waals surface area contributed by atoms with Gasteiger partial charge in [-0.25, -0.2) is 4.98 Å². The number of rotatable bonds is 3. The second-order valence-electron chi connectivity index (χ2n) is 6.55. The second-order valence-corrected chi connectivity index (χ2v) is 7.28. The van der Waals surface area contributed by atoms with Gasteiger partial charge in [-0.15, -0.1) is 0 Å². The lowest BCUT2D eigenvalue weighted by atomic mass is 10.1. The Bertz CT molecular complexity index is 450. The molecule has 0 N–H and O–H groups in total. The first kappa shape index (κ1) is 13.0. The van der Waals surface area contributed by atoms with E-state index in [1.807, 2.05) is 0 Å². The Balaban J connectivity index is 1.47. The zero-order valence-electron chi connectivity index (χ0n) is 12.1. The molecule has 1 aliphatic carbocycles. The van der Waals surface area contributed by atoms with Crippen LogP contribution in [0.25, 0.3) is 0 Å². The Morgan fingerprint density at radius 2 is 1.75 bits per heavy atom. The molecule has 3 fully saturated rings. The van der Waals surface area contributed by atoms with Gasteiger partial charge in [0.25, 0.3) is 0 Å². The zero-order chi connectivity index (χ0) is 13.4. The van der Waals surface area contributed by atoms with Gasteiger partial charge in [-0.3, -0.25) is 4.90 Å². The number of likely N-dealkylation sites (tertiary alicyclic amines) is 1. The van der Waals surface area contributed by atoms with Crippen molar-refractivity contribution in [2.24, 2.45) is 0 Å². The summed E-state index contributed by atoms with van der Waals surface area (Å²) in [5.74, 6) is 1.80. The fraction of sp³-hybridized carbons (Fsp3) is 0.867. The lowest BCUT2D eigenvalue weighted by Crippen LogP contribution is -2.41. The van der Waals surface area contributed by atoms with Gasteiger partial charge >= 0.3 is 0 Å². The summed E-state index contributed by atoms with van der Waals surface area (Å²) in [7, 11) is 0. The van der Waals surface area contributed by atoms with E-state index in [0.29, 0.717) is 5.92 Å². The van der Waals surface area contributed by atoms with Crippen molar-refractivity contribution in [3.63, 3.8) is 0 Å². The SMILES string of the molecule is C1CCN(c2nc(C3CC3)ns2)C[C@H](N2CCCC2)C1. The van der Waals surface area contributed by atoms with Crippen LogP contribution in [0.3, 0.4) is 0 Å². The minimum absolute atomic E-state index is 0.682. The van der Waals surface area contributed by atoms with Gasteiger partial charge in [0, 0.05) is 36.6 Å². The molecule has 0 radical (unpaired) electrons. The molecule has 4 nitrogen and oxygen atoms in total. The molecule has 1 saturated carbocycles. The Kier molecular flexibility index (Phi) is 3.65. The molecule has 3 aliphatic rings. The van der Waals surface area contributed by atoms with Gasteiger partial charge in [0.15, 0.2) is 0 Å². The second kappa shape index (κ2) is 5.60. The van der Waals surface area contributed by atoms with E-state index in [1.54, 1.807) is 11.5 Å². The third-order valence-electron chi connectivity index (χ3n) is 4.95. The van der Waals surface area contributed by atoms with Gasteiger partial charge in [0.2, 0.25) is 5.13 Å². The molecule has 4 rings (SSSR count). The summed E-state index contributed by atoms with van der Waals surface area (Å²) in [6, 6.07) is 0.744. The number of hydrogen-bond donors (Lipinski definition) is 0. The quantitative estimate of drug-likeness (QED) is 0.857. The molecule has 0 unspecified atom stereocenters. The molecule has 110 valence electrons. The van der Waals surface area contributed by atoms with E-state index >= 15 is 0 Å². The highest BCUT2D eigenvalue weighted by Crippen LogP contribution is 2.40. The maximum Gasteiger partial charge on any atom is 0.205 e. The highest BCUT2D eigenvalue weighted by atomic mass is 32.1. The molecule has 1 aromatic rings. The minimum atomic E-state index is 0.682. The van der Waals surface area contributed by atoms with Crippen LogP contribution < -0.4 is 4.90 Å². The zero-order valence-corrected chi connectivity index (χ0v) is 12.9. The smallest absolute Gasteiger partial charge is 0.205 e. The lowest BCUT2D eigenvalue weighted by Gasteiger charge is -2.30. The summed E-state index contributed by atoms with van der Waals surface area (Å²) >= 11 is 1.62. The van der Waals surface area contributed by atoms with Crippen molar-refractivity contribution < 1.29 is 0 Å². The summed E-state index contributed by atoms with van der Waals surface area (Å²) in [6.45, 7) is 4.95. The molecule has 20 heavy (non-hydrogen) atoms. The van der Waals surface area contributed by atoms with Crippen molar-refractivity contribution in [1.82, 2.24) is 14.3 Å². The van der Waals surface area contributed by atoms with Crippen LogP contribution in [0.2, 0.25) is 0 Å². The summed E-state index contributed by atoms with van der Waals surface area (Å²) < 4.78 is 4.58. The highest BCUT2D eigenvalue weighted by Gasteiger charge is 2.30. The molecular weight excluding hydrogens is 268 g/mol. The van der Waals surface area contributed by atoms with Gasteiger partial charge in [-0.1, -0.05) is 6.42 Å². The van der Waals surface area contributed by atoms with E-state index in [4.69, 9.17) is 4.98 Å². The van der Waals surface area contributed by atoms with Crippen molar-refractivity contribution in [2.45, 2.75) is 56.9 Å². The van der Waals surface area contributed by atoms with Crippen molar-refractivity contribution >= 4 is 16.7 Å². The maximum atomic E-state index is 4.81. The van der Waals surface area contributed by atoms with E-state index in [-0.39, 0.29) is 0 Å². The van der Waals surface area contributed by atoms with E-state index in [2.05, 4.69) is 14.2 Å². The van der Waals surface area contributed by atoms with Crippen LogP contribution in [0.15, 0.2) is 0 Å². The molecule has 0 amide bonds. The first-order valence-corrected chi connectivity index (χ1v) is 9.00. The minimum Gasteiger partial charge on any atom is -0.345 e. The molecule has 5 heteroatoms. The van der Waals surface area contributed by atoms with E-state index in [9.17, 15) is 0 Å². The van der Waals surface area contributed by atoms with Gasteiger partial charge in [0.05, 0.1) is 0 Å². The number of hydrogen-bond acceptors (Lipinski definition) is 5. The van der Waals surface area contributed by atoms with E-state index in [1.165, 1.54) is 76.3 Å². The fourth-order valence-electron chi connectivity index (χ4n) is 3.56. The van der Waals surface area contributed by atoms with Crippen molar-refractivity contribution in [3.05, 3.63) is 5.82 Å². The fourth-order valence-corrected chi connectivity index (χ4v) is 4.34. The highest BCUT2D eigenvalue weighted by molar-refractivity contribution is 7.09. The van der Waals surface area contributed by atoms with E-state index in [0.717, 1.165) is 11.9 Å². The van der Waals surface area contributed by atoms with Crippen LogP contribution in [-0.4, -0.2) is 46.5 Å². The normalized spacial score (nSPS) is 28.8. The first-order chi connectivity index (χ1) is 9.90.